The number of hydrogen-bond donors (Lipinski definition) is 2. The number of hydrogen-bond acceptors (Lipinski definition) is 4. The van der Waals surface area contributed by atoms with Crippen LogP contribution in [0.4, 0.5) is 5.69 Å². The molecule has 0 aliphatic carbocycles. The molecule has 2 heterocycles. The van der Waals surface area contributed by atoms with E-state index in [4.69, 9.17) is 4.74 Å². The van der Waals surface area contributed by atoms with Gasteiger partial charge < -0.3 is 14.7 Å². The van der Waals surface area contributed by atoms with Gasteiger partial charge in [0.2, 0.25) is 5.91 Å². The first-order valence-corrected chi connectivity index (χ1v) is 8.63. The van der Waals surface area contributed by atoms with Gasteiger partial charge in [0.15, 0.2) is 6.04 Å². The molecule has 3 rings (SSSR count). The molecule has 2 amide bonds. The van der Waals surface area contributed by atoms with Gasteiger partial charge in [0, 0.05) is 19.1 Å². The van der Waals surface area contributed by atoms with Crippen LogP contribution in [0.5, 0.6) is 5.75 Å². The lowest BCUT2D eigenvalue weighted by Crippen LogP contribution is -3.20. The normalized spacial score (nSPS) is 27.6. The number of ether oxygens (including phenoxy) is 1. The van der Waals surface area contributed by atoms with E-state index in [1.807, 2.05) is 0 Å². The average molecular weight is 333 g/mol. The van der Waals surface area contributed by atoms with Crippen molar-refractivity contribution in [3.63, 3.8) is 0 Å². The summed E-state index contributed by atoms with van der Waals surface area (Å²) in [6.07, 6.45) is 4.13. The third kappa shape index (κ3) is 3.16. The van der Waals surface area contributed by atoms with Crippen LogP contribution in [0.3, 0.4) is 0 Å². The molecule has 1 aromatic rings. The predicted molar refractivity (Wildman–Crippen MR) is 89.1 cm³/mol. The van der Waals surface area contributed by atoms with Gasteiger partial charge in [-0.3, -0.25) is 9.59 Å². The third-order valence-electron chi connectivity index (χ3n) is 5.18. The molecule has 1 unspecified atom stereocenters. The second kappa shape index (κ2) is 7.32. The van der Waals surface area contributed by atoms with Crippen molar-refractivity contribution in [2.24, 2.45) is 0 Å². The second-order valence-corrected chi connectivity index (χ2v) is 6.56. The molecular formula is C18H25N2O4+. The smallest absolute Gasteiger partial charge is 0.292 e. The summed E-state index contributed by atoms with van der Waals surface area (Å²) in [5, 5.41) is 9.30. The maximum absolute atomic E-state index is 12.9. The number of piperidine rings is 1. The topological polar surface area (TPSA) is 71.3 Å². The number of imide groups is 1. The van der Waals surface area contributed by atoms with Gasteiger partial charge in [0.05, 0.1) is 31.8 Å². The standard InChI is InChI=1S/C18H24N2O4/c1-24-15-7-4-6-14(11-15)20-17(22)12-16(18(20)23)19-9-3-2-5-13(19)8-10-21/h4,6-7,11,13,16,21H,2-3,5,8-10,12H2,1H3/p+1/t13-,16+/m1/s1. The highest BCUT2D eigenvalue weighted by Gasteiger charge is 2.48. The lowest BCUT2D eigenvalue weighted by molar-refractivity contribution is -0.945. The number of anilines is 1. The van der Waals surface area contributed by atoms with Crippen LogP contribution < -0.4 is 14.5 Å². The Morgan fingerprint density at radius 2 is 2.17 bits per heavy atom. The highest BCUT2D eigenvalue weighted by atomic mass is 16.5. The zero-order valence-corrected chi connectivity index (χ0v) is 14.0. The van der Waals surface area contributed by atoms with Crippen LogP contribution in [-0.2, 0) is 9.59 Å². The van der Waals surface area contributed by atoms with Gasteiger partial charge in [-0.1, -0.05) is 6.07 Å². The molecule has 0 saturated carbocycles. The molecule has 6 nitrogen and oxygen atoms in total. The Labute approximate surface area is 142 Å². The van der Waals surface area contributed by atoms with Crippen LogP contribution in [-0.4, -0.2) is 49.3 Å². The van der Waals surface area contributed by atoms with E-state index in [1.54, 1.807) is 31.4 Å². The van der Waals surface area contributed by atoms with Gasteiger partial charge in [0.1, 0.15) is 5.75 Å². The van der Waals surface area contributed by atoms with Crippen molar-refractivity contribution in [2.75, 3.05) is 25.2 Å². The molecule has 0 radical (unpaired) electrons. The minimum atomic E-state index is -0.333. The van der Waals surface area contributed by atoms with E-state index in [1.165, 1.54) is 9.80 Å². The average Bonchev–Trinajstić information content (AvgIpc) is 2.90. The van der Waals surface area contributed by atoms with E-state index in [-0.39, 0.29) is 36.9 Å². The molecule has 24 heavy (non-hydrogen) atoms. The van der Waals surface area contributed by atoms with Crippen molar-refractivity contribution in [3.8, 4) is 5.75 Å². The molecule has 130 valence electrons. The lowest BCUT2D eigenvalue weighted by atomic mass is 9.97. The monoisotopic (exact) mass is 333 g/mol. The van der Waals surface area contributed by atoms with Gasteiger partial charge in [-0.15, -0.1) is 0 Å². The van der Waals surface area contributed by atoms with Crippen molar-refractivity contribution in [1.82, 2.24) is 0 Å². The zero-order chi connectivity index (χ0) is 17.1. The minimum Gasteiger partial charge on any atom is -0.497 e. The van der Waals surface area contributed by atoms with Crippen molar-refractivity contribution in [2.45, 2.75) is 44.2 Å². The number of aliphatic hydroxyl groups excluding tert-OH is 1. The molecule has 2 aliphatic rings. The molecule has 6 heteroatoms. The summed E-state index contributed by atoms with van der Waals surface area (Å²) in [6, 6.07) is 6.98. The highest BCUT2D eigenvalue weighted by Crippen LogP contribution is 2.26. The third-order valence-corrected chi connectivity index (χ3v) is 5.18. The number of amides is 2. The maximum Gasteiger partial charge on any atom is 0.292 e. The quantitative estimate of drug-likeness (QED) is 0.753. The predicted octanol–water partition coefficient (Wildman–Crippen LogP) is 0.147. The van der Waals surface area contributed by atoms with E-state index in [0.29, 0.717) is 17.9 Å². The molecule has 1 aromatic carbocycles. The zero-order valence-electron chi connectivity index (χ0n) is 14.0. The Bertz CT molecular complexity index is 617. The minimum absolute atomic E-state index is 0.128. The molecule has 0 spiro atoms. The summed E-state index contributed by atoms with van der Waals surface area (Å²) >= 11 is 0. The highest BCUT2D eigenvalue weighted by molar-refractivity contribution is 6.21. The van der Waals surface area contributed by atoms with Crippen molar-refractivity contribution in [1.29, 1.82) is 0 Å². The Hall–Kier alpha value is -1.92. The van der Waals surface area contributed by atoms with E-state index >= 15 is 0 Å². The summed E-state index contributed by atoms with van der Waals surface area (Å²) in [6.45, 7) is 1.02. The number of nitrogens with one attached hydrogen (secondary N) is 1. The largest absolute Gasteiger partial charge is 0.497 e. The first-order chi connectivity index (χ1) is 11.7. The Balaban J connectivity index is 1.82. The second-order valence-electron chi connectivity index (χ2n) is 6.56. The Morgan fingerprint density at radius 1 is 1.33 bits per heavy atom. The number of carbonyl (C=O) groups excluding carboxylic acids is 2. The maximum atomic E-state index is 12.9. The molecule has 2 aliphatic heterocycles. The van der Waals surface area contributed by atoms with Crippen molar-refractivity contribution >= 4 is 17.5 Å². The lowest BCUT2D eigenvalue weighted by Gasteiger charge is -2.35. The van der Waals surface area contributed by atoms with Gasteiger partial charge >= 0.3 is 0 Å². The molecule has 0 aromatic heterocycles. The van der Waals surface area contributed by atoms with Crippen LogP contribution in [0, 0.1) is 0 Å². The molecule has 3 atom stereocenters. The van der Waals surface area contributed by atoms with Crippen molar-refractivity contribution < 1.29 is 24.3 Å². The van der Waals surface area contributed by atoms with E-state index in [2.05, 4.69) is 0 Å². The fourth-order valence-electron chi connectivity index (χ4n) is 4.00. The first-order valence-electron chi connectivity index (χ1n) is 8.63. The van der Waals surface area contributed by atoms with E-state index < -0.39 is 0 Å². The number of rotatable bonds is 5. The summed E-state index contributed by atoms with van der Waals surface area (Å²) in [5.74, 6) is 0.340. The fraction of sp³-hybridized carbons (Fsp3) is 0.556. The number of carbonyl (C=O) groups is 2. The molecular weight excluding hydrogens is 308 g/mol. The van der Waals surface area contributed by atoms with Crippen LogP contribution in [0.1, 0.15) is 32.1 Å². The van der Waals surface area contributed by atoms with Crippen LogP contribution >= 0.6 is 0 Å². The van der Waals surface area contributed by atoms with Crippen molar-refractivity contribution in [3.05, 3.63) is 24.3 Å². The van der Waals surface area contributed by atoms with Crippen LogP contribution in [0.2, 0.25) is 0 Å². The fourth-order valence-corrected chi connectivity index (χ4v) is 4.00. The Morgan fingerprint density at radius 3 is 2.92 bits per heavy atom. The van der Waals surface area contributed by atoms with E-state index in [0.717, 1.165) is 25.8 Å². The van der Waals surface area contributed by atoms with Crippen LogP contribution in [0.25, 0.3) is 0 Å². The van der Waals surface area contributed by atoms with Gasteiger partial charge in [-0.05, 0) is 31.4 Å². The number of benzene rings is 1. The summed E-state index contributed by atoms with van der Waals surface area (Å²) < 4.78 is 5.19. The van der Waals surface area contributed by atoms with Gasteiger partial charge in [-0.25, -0.2) is 4.90 Å². The van der Waals surface area contributed by atoms with Crippen LogP contribution in [0.15, 0.2) is 24.3 Å². The summed E-state index contributed by atoms with van der Waals surface area (Å²) in [5.41, 5.74) is 0.571. The summed E-state index contributed by atoms with van der Waals surface area (Å²) in [7, 11) is 1.56. The van der Waals surface area contributed by atoms with E-state index in [9.17, 15) is 14.7 Å². The Kier molecular flexibility index (Phi) is 5.16. The van der Waals surface area contributed by atoms with Gasteiger partial charge in [-0.2, -0.15) is 0 Å². The molecule has 0 bridgehead atoms. The number of quaternary nitrogens is 1. The van der Waals surface area contributed by atoms with Gasteiger partial charge in [0.25, 0.3) is 5.91 Å². The number of nitrogens with zero attached hydrogens (tertiary/aromatic N) is 1. The summed E-state index contributed by atoms with van der Waals surface area (Å²) in [4.78, 5) is 27.9. The SMILES string of the molecule is COc1cccc(N2C(=O)C[C@H]([NH+]3CCCC[C@@H]3CCO)C2=O)c1. The first kappa shape index (κ1) is 16.9. The molecule has 2 saturated heterocycles. The molecule has 2 N–H and O–H groups in total. The number of aliphatic hydroxyl groups is 1. The number of methoxy groups -OCH3 is 1. The molecule has 2 fully saturated rings. The number of likely N-dealkylation sites (tertiary alicyclic amines) is 1.